The summed E-state index contributed by atoms with van der Waals surface area (Å²) in [5.41, 5.74) is 6.29. The maximum Gasteiger partial charge on any atom is 0.0483 e. The Bertz CT molecular complexity index is 144. The molecule has 1 unspecified atom stereocenters. The second kappa shape index (κ2) is 4.94. The minimum absolute atomic E-state index is 0.0171. The molecule has 1 aliphatic rings. The fourth-order valence-electron chi connectivity index (χ4n) is 1.83. The molecule has 1 atom stereocenters. The van der Waals surface area contributed by atoms with Crippen LogP contribution in [0.1, 0.15) is 26.2 Å². The second-order valence-electron chi connectivity index (χ2n) is 4.03. The van der Waals surface area contributed by atoms with E-state index in [1.807, 2.05) is 0 Å². The van der Waals surface area contributed by atoms with Crippen molar-refractivity contribution in [3.63, 3.8) is 0 Å². The minimum atomic E-state index is -0.0171. The number of hydrogen-bond donors (Lipinski definition) is 1. The van der Waals surface area contributed by atoms with Gasteiger partial charge in [0.15, 0.2) is 0 Å². The van der Waals surface area contributed by atoms with Gasteiger partial charge in [0.1, 0.15) is 0 Å². The third-order valence-electron chi connectivity index (χ3n) is 3.16. The van der Waals surface area contributed by atoms with Gasteiger partial charge in [0.05, 0.1) is 0 Å². The van der Waals surface area contributed by atoms with E-state index < -0.39 is 0 Å². The lowest BCUT2D eigenvalue weighted by atomic mass is 9.78. The third-order valence-corrected chi connectivity index (χ3v) is 3.16. The quantitative estimate of drug-likeness (QED) is 0.718. The molecule has 0 aromatic heterocycles. The van der Waals surface area contributed by atoms with E-state index in [-0.39, 0.29) is 5.54 Å². The topological polar surface area (TPSA) is 44.5 Å². The second-order valence-corrected chi connectivity index (χ2v) is 4.03. The predicted octanol–water partition coefficient (Wildman–Crippen LogP) is 1.17. The van der Waals surface area contributed by atoms with Crippen molar-refractivity contribution in [2.45, 2.75) is 31.7 Å². The molecule has 2 N–H and O–H groups in total. The summed E-state index contributed by atoms with van der Waals surface area (Å²) in [6.07, 6.45) is 3.02. The number of methoxy groups -OCH3 is 1. The Morgan fingerprint density at radius 1 is 1.46 bits per heavy atom. The highest BCUT2D eigenvalue weighted by Crippen LogP contribution is 2.28. The molecule has 13 heavy (non-hydrogen) atoms. The van der Waals surface area contributed by atoms with Crippen LogP contribution in [0.15, 0.2) is 0 Å². The molecular weight excluding hydrogens is 166 g/mol. The molecule has 0 aromatic carbocycles. The lowest BCUT2D eigenvalue weighted by Gasteiger charge is -2.38. The van der Waals surface area contributed by atoms with Crippen LogP contribution in [-0.2, 0) is 9.47 Å². The predicted molar refractivity (Wildman–Crippen MR) is 52.6 cm³/mol. The number of rotatable bonds is 4. The SMILES string of the molecule is COCCC(C)C1(N)CCOCC1. The van der Waals surface area contributed by atoms with E-state index in [1.54, 1.807) is 7.11 Å². The molecule has 78 valence electrons. The summed E-state index contributed by atoms with van der Waals surface area (Å²) in [4.78, 5) is 0. The van der Waals surface area contributed by atoms with E-state index in [4.69, 9.17) is 15.2 Å². The van der Waals surface area contributed by atoms with Crippen LogP contribution in [0.2, 0.25) is 0 Å². The first-order valence-electron chi connectivity index (χ1n) is 5.04. The molecule has 0 amide bonds. The van der Waals surface area contributed by atoms with Crippen molar-refractivity contribution < 1.29 is 9.47 Å². The Morgan fingerprint density at radius 3 is 2.62 bits per heavy atom. The first-order chi connectivity index (χ1) is 6.19. The highest BCUT2D eigenvalue weighted by Gasteiger charge is 2.33. The summed E-state index contributed by atoms with van der Waals surface area (Å²) in [6, 6.07) is 0. The van der Waals surface area contributed by atoms with Gasteiger partial charge in [-0.15, -0.1) is 0 Å². The summed E-state index contributed by atoms with van der Waals surface area (Å²) >= 11 is 0. The van der Waals surface area contributed by atoms with Gasteiger partial charge in [0.2, 0.25) is 0 Å². The maximum absolute atomic E-state index is 6.31. The molecule has 1 fully saturated rings. The molecule has 1 aliphatic heterocycles. The Labute approximate surface area is 80.6 Å². The summed E-state index contributed by atoms with van der Waals surface area (Å²) in [6.45, 7) is 4.65. The highest BCUT2D eigenvalue weighted by atomic mass is 16.5. The molecule has 0 saturated carbocycles. The fraction of sp³-hybridized carbons (Fsp3) is 1.00. The van der Waals surface area contributed by atoms with Crippen LogP contribution in [0.4, 0.5) is 0 Å². The lowest BCUT2D eigenvalue weighted by molar-refractivity contribution is 0.0263. The Kier molecular flexibility index (Phi) is 4.16. The van der Waals surface area contributed by atoms with Crippen LogP contribution < -0.4 is 5.73 Å². The monoisotopic (exact) mass is 187 g/mol. The standard InChI is InChI=1S/C10H21NO2/c1-9(3-6-12-2)10(11)4-7-13-8-5-10/h9H,3-8,11H2,1-2H3. The molecule has 3 nitrogen and oxygen atoms in total. The smallest absolute Gasteiger partial charge is 0.0483 e. The molecule has 1 rings (SSSR count). The minimum Gasteiger partial charge on any atom is -0.385 e. The van der Waals surface area contributed by atoms with E-state index in [1.165, 1.54) is 0 Å². The van der Waals surface area contributed by atoms with Gasteiger partial charge in [-0.05, 0) is 25.2 Å². The van der Waals surface area contributed by atoms with Gasteiger partial charge in [-0.25, -0.2) is 0 Å². The van der Waals surface area contributed by atoms with E-state index in [0.29, 0.717) is 5.92 Å². The summed E-state index contributed by atoms with van der Waals surface area (Å²) in [5.74, 6) is 0.524. The van der Waals surface area contributed by atoms with Gasteiger partial charge < -0.3 is 15.2 Å². The Hall–Kier alpha value is -0.120. The molecule has 0 aliphatic carbocycles. The van der Waals surface area contributed by atoms with Gasteiger partial charge in [0, 0.05) is 32.5 Å². The van der Waals surface area contributed by atoms with Gasteiger partial charge in [-0.1, -0.05) is 6.92 Å². The zero-order valence-electron chi connectivity index (χ0n) is 8.71. The van der Waals surface area contributed by atoms with Gasteiger partial charge in [-0.2, -0.15) is 0 Å². The van der Waals surface area contributed by atoms with Crippen LogP contribution in [-0.4, -0.2) is 32.5 Å². The van der Waals surface area contributed by atoms with E-state index in [9.17, 15) is 0 Å². The van der Waals surface area contributed by atoms with Crippen molar-refractivity contribution in [3.05, 3.63) is 0 Å². The molecule has 0 radical (unpaired) electrons. The summed E-state index contributed by atoms with van der Waals surface area (Å²) in [7, 11) is 1.74. The van der Waals surface area contributed by atoms with Gasteiger partial charge in [-0.3, -0.25) is 0 Å². The molecule has 0 spiro atoms. The summed E-state index contributed by atoms with van der Waals surface area (Å²) in [5, 5.41) is 0. The number of hydrogen-bond acceptors (Lipinski definition) is 3. The summed E-state index contributed by atoms with van der Waals surface area (Å²) < 4.78 is 10.4. The number of ether oxygens (including phenoxy) is 2. The third kappa shape index (κ3) is 2.93. The fourth-order valence-corrected chi connectivity index (χ4v) is 1.83. The normalized spacial score (nSPS) is 24.2. The Balaban J connectivity index is 2.37. The first kappa shape index (κ1) is 11.0. The molecule has 1 saturated heterocycles. The molecular formula is C10H21NO2. The van der Waals surface area contributed by atoms with Crippen molar-refractivity contribution in [3.8, 4) is 0 Å². The van der Waals surface area contributed by atoms with Crippen LogP contribution in [0.3, 0.4) is 0 Å². The van der Waals surface area contributed by atoms with Crippen LogP contribution >= 0.6 is 0 Å². The molecule has 1 heterocycles. The van der Waals surface area contributed by atoms with Crippen molar-refractivity contribution in [2.24, 2.45) is 11.7 Å². The van der Waals surface area contributed by atoms with Crippen LogP contribution in [0.25, 0.3) is 0 Å². The van der Waals surface area contributed by atoms with Crippen LogP contribution in [0.5, 0.6) is 0 Å². The van der Waals surface area contributed by atoms with Crippen molar-refractivity contribution in [2.75, 3.05) is 26.9 Å². The first-order valence-corrected chi connectivity index (χ1v) is 5.04. The van der Waals surface area contributed by atoms with Gasteiger partial charge in [0.25, 0.3) is 0 Å². The van der Waals surface area contributed by atoms with E-state index in [2.05, 4.69) is 6.92 Å². The molecule has 3 heteroatoms. The maximum atomic E-state index is 6.31. The van der Waals surface area contributed by atoms with Crippen molar-refractivity contribution >= 4 is 0 Å². The van der Waals surface area contributed by atoms with E-state index in [0.717, 1.165) is 39.1 Å². The zero-order valence-corrected chi connectivity index (χ0v) is 8.71. The lowest BCUT2D eigenvalue weighted by Crippen LogP contribution is -2.50. The van der Waals surface area contributed by atoms with Gasteiger partial charge >= 0.3 is 0 Å². The molecule has 0 bridgehead atoms. The van der Waals surface area contributed by atoms with Crippen molar-refractivity contribution in [1.82, 2.24) is 0 Å². The largest absolute Gasteiger partial charge is 0.385 e. The van der Waals surface area contributed by atoms with Crippen molar-refractivity contribution in [1.29, 1.82) is 0 Å². The van der Waals surface area contributed by atoms with Crippen LogP contribution in [0, 0.1) is 5.92 Å². The zero-order chi connectivity index (χ0) is 9.73. The molecule has 0 aromatic rings. The van der Waals surface area contributed by atoms with E-state index >= 15 is 0 Å². The average molecular weight is 187 g/mol. The highest BCUT2D eigenvalue weighted by molar-refractivity contribution is 4.90. The number of nitrogens with two attached hydrogens (primary N) is 1. The Morgan fingerprint density at radius 2 is 2.08 bits per heavy atom. The average Bonchev–Trinajstić information content (AvgIpc) is 2.15.